The third-order valence-electron chi connectivity index (χ3n) is 4.03. The highest BCUT2D eigenvalue weighted by Crippen LogP contribution is 2.36. The molecule has 0 fully saturated rings. The first-order chi connectivity index (χ1) is 10.4. The van der Waals surface area contributed by atoms with Gasteiger partial charge in [0.05, 0.1) is 11.0 Å². The zero-order valence-electron chi connectivity index (χ0n) is 14.1. The number of benzene rings is 2. The van der Waals surface area contributed by atoms with E-state index in [0.29, 0.717) is 0 Å². The number of hydrogen-bond donors (Lipinski definition) is 1. The third-order valence-corrected chi connectivity index (χ3v) is 5.19. The molecule has 0 saturated carbocycles. The van der Waals surface area contributed by atoms with Crippen molar-refractivity contribution in [2.75, 3.05) is 38.0 Å². The Morgan fingerprint density at radius 3 is 2.05 bits per heavy atom. The van der Waals surface area contributed by atoms with Crippen molar-refractivity contribution in [3.05, 3.63) is 45.3 Å². The molecule has 0 spiro atoms. The minimum atomic E-state index is 1.14. The van der Waals surface area contributed by atoms with E-state index in [4.69, 9.17) is 4.99 Å². The first-order valence-electron chi connectivity index (χ1n) is 7.44. The highest BCUT2D eigenvalue weighted by atomic mass is 32.1. The van der Waals surface area contributed by atoms with Crippen LogP contribution in [0.2, 0.25) is 0 Å². The third kappa shape index (κ3) is 2.52. The molecule has 2 aromatic rings. The molecule has 0 radical (unpaired) electrons. The Kier molecular flexibility index (Phi) is 3.73. The molecule has 22 heavy (non-hydrogen) atoms. The van der Waals surface area contributed by atoms with Crippen molar-refractivity contribution in [3.63, 3.8) is 0 Å². The van der Waals surface area contributed by atoms with Gasteiger partial charge in [-0.05, 0) is 49.2 Å². The van der Waals surface area contributed by atoms with Crippen LogP contribution in [0, 0.1) is 18.4 Å². The molecule has 1 aliphatic rings. The summed E-state index contributed by atoms with van der Waals surface area (Å²) >= 11 is 1.25. The molecule has 0 N–H and O–H groups in total. The van der Waals surface area contributed by atoms with Gasteiger partial charge in [-0.2, -0.15) is 11.4 Å². The highest BCUT2D eigenvalue weighted by Gasteiger charge is 2.12. The molecule has 0 atom stereocenters. The summed E-state index contributed by atoms with van der Waals surface area (Å²) in [5.41, 5.74) is 6.11. The molecule has 3 rings (SSSR count). The van der Waals surface area contributed by atoms with E-state index in [1.165, 1.54) is 43.3 Å². The SMILES string of the molecule is Cc1cc(N(C)C)cc2c1N=c1c(C)cc(N(C)C)cc1=[SH]2. The Morgan fingerprint density at radius 2 is 1.41 bits per heavy atom. The smallest absolute Gasteiger partial charge is 0.0797 e. The average Bonchev–Trinajstić information content (AvgIpc) is 2.45. The van der Waals surface area contributed by atoms with Gasteiger partial charge in [0.2, 0.25) is 0 Å². The zero-order valence-corrected chi connectivity index (χ0v) is 15.0. The summed E-state index contributed by atoms with van der Waals surface area (Å²) in [6.45, 7) is 4.30. The van der Waals surface area contributed by atoms with E-state index in [-0.39, 0.29) is 0 Å². The topological polar surface area (TPSA) is 18.8 Å². The minimum Gasteiger partial charge on any atom is -0.378 e. The summed E-state index contributed by atoms with van der Waals surface area (Å²) in [4.78, 5) is 10.6. The second kappa shape index (κ2) is 5.43. The molecule has 0 aromatic heterocycles. The number of thiol groups is 1. The first-order valence-corrected chi connectivity index (χ1v) is 8.33. The maximum Gasteiger partial charge on any atom is 0.0797 e. The fraction of sp³-hybridized carbons (Fsp3) is 0.333. The van der Waals surface area contributed by atoms with Gasteiger partial charge in [-0.15, -0.1) is 0 Å². The number of rotatable bonds is 2. The van der Waals surface area contributed by atoms with Crippen LogP contribution in [0.3, 0.4) is 0 Å². The summed E-state index contributed by atoms with van der Waals surface area (Å²) in [5, 5.41) is 1.14. The number of hydrogen-bond acceptors (Lipinski definition) is 3. The molecule has 0 unspecified atom stereocenters. The van der Waals surface area contributed by atoms with Gasteiger partial charge >= 0.3 is 0 Å². The van der Waals surface area contributed by atoms with E-state index < -0.39 is 0 Å². The predicted molar refractivity (Wildman–Crippen MR) is 97.9 cm³/mol. The lowest BCUT2D eigenvalue weighted by Crippen LogP contribution is -2.15. The molecular formula is C18H23N3S. The van der Waals surface area contributed by atoms with Gasteiger partial charge in [0.25, 0.3) is 0 Å². The normalized spacial score (nSPS) is 12.3. The quantitative estimate of drug-likeness (QED) is 0.577. The van der Waals surface area contributed by atoms with Gasteiger partial charge in [-0.25, -0.2) is 4.99 Å². The van der Waals surface area contributed by atoms with Crippen LogP contribution in [0.1, 0.15) is 11.1 Å². The highest BCUT2D eigenvalue weighted by molar-refractivity contribution is 7.91. The maximum absolute atomic E-state index is 4.96. The monoisotopic (exact) mass is 313 g/mol. The van der Waals surface area contributed by atoms with Gasteiger partial charge in [0.15, 0.2) is 0 Å². The van der Waals surface area contributed by atoms with Crippen molar-refractivity contribution in [2.24, 2.45) is 4.99 Å². The second-order valence-electron chi connectivity index (χ2n) is 6.27. The van der Waals surface area contributed by atoms with Crippen molar-refractivity contribution >= 4 is 28.4 Å². The van der Waals surface area contributed by atoms with E-state index in [1.54, 1.807) is 0 Å². The van der Waals surface area contributed by atoms with E-state index in [9.17, 15) is 0 Å². The van der Waals surface area contributed by atoms with Crippen LogP contribution in [0.15, 0.2) is 34.2 Å². The van der Waals surface area contributed by atoms with Crippen LogP contribution in [0.5, 0.6) is 0 Å². The maximum atomic E-state index is 4.96. The molecule has 116 valence electrons. The van der Waals surface area contributed by atoms with Crippen LogP contribution in [0.25, 0.3) is 0 Å². The van der Waals surface area contributed by atoms with E-state index in [1.807, 2.05) is 0 Å². The van der Waals surface area contributed by atoms with Crippen LogP contribution in [-0.2, 0) is 0 Å². The lowest BCUT2D eigenvalue weighted by molar-refractivity contribution is 1.09. The van der Waals surface area contributed by atoms with Crippen molar-refractivity contribution < 1.29 is 0 Å². The van der Waals surface area contributed by atoms with Crippen LogP contribution in [0.4, 0.5) is 17.1 Å². The Labute approximate surface area is 135 Å². The van der Waals surface area contributed by atoms with Gasteiger partial charge in [0, 0.05) is 49.0 Å². The number of anilines is 2. The van der Waals surface area contributed by atoms with Crippen LogP contribution >= 0.6 is 11.4 Å². The second-order valence-corrected chi connectivity index (χ2v) is 7.46. The molecular weight excluding hydrogens is 290 g/mol. The Balaban J connectivity index is 2.29. The Hall–Kier alpha value is -1.81. The molecule has 1 heterocycles. The minimum absolute atomic E-state index is 1.14. The van der Waals surface area contributed by atoms with Crippen LogP contribution in [-0.4, -0.2) is 28.2 Å². The largest absolute Gasteiger partial charge is 0.378 e. The van der Waals surface area contributed by atoms with Crippen molar-refractivity contribution in [1.29, 1.82) is 0 Å². The molecule has 1 aliphatic heterocycles. The van der Waals surface area contributed by atoms with E-state index >= 15 is 0 Å². The Morgan fingerprint density at radius 1 is 0.818 bits per heavy atom. The van der Waals surface area contributed by atoms with E-state index in [2.05, 4.69) is 76.1 Å². The van der Waals surface area contributed by atoms with Crippen molar-refractivity contribution in [2.45, 2.75) is 18.7 Å². The molecule has 0 saturated heterocycles. The van der Waals surface area contributed by atoms with Gasteiger partial charge in [0.1, 0.15) is 0 Å². The van der Waals surface area contributed by atoms with Crippen LogP contribution < -0.4 is 15.2 Å². The Bertz CT molecular complexity index is 867. The van der Waals surface area contributed by atoms with Crippen molar-refractivity contribution in [1.82, 2.24) is 0 Å². The summed E-state index contributed by atoms with van der Waals surface area (Å²) in [5.74, 6) is 0. The molecule has 0 aliphatic carbocycles. The van der Waals surface area contributed by atoms with Crippen molar-refractivity contribution in [3.8, 4) is 0 Å². The molecule has 2 aromatic carbocycles. The number of aryl methyl sites for hydroxylation is 2. The summed E-state index contributed by atoms with van der Waals surface area (Å²) in [7, 11) is 8.33. The average molecular weight is 313 g/mol. The van der Waals surface area contributed by atoms with Gasteiger partial charge in [-0.3, -0.25) is 0 Å². The van der Waals surface area contributed by atoms with E-state index in [0.717, 1.165) is 11.0 Å². The number of nitrogens with zero attached hydrogens (tertiary/aromatic N) is 3. The fourth-order valence-electron chi connectivity index (χ4n) is 2.70. The zero-order chi connectivity index (χ0) is 16.0. The first kappa shape index (κ1) is 15.1. The predicted octanol–water partition coefficient (Wildman–Crippen LogP) is 3.48. The summed E-state index contributed by atoms with van der Waals surface area (Å²) < 4.78 is 1.30. The molecule has 0 bridgehead atoms. The number of fused-ring (bicyclic) bond motifs is 2. The van der Waals surface area contributed by atoms with Gasteiger partial charge in [-0.1, -0.05) is 0 Å². The lowest BCUT2D eigenvalue weighted by atomic mass is 10.1. The molecule has 3 nitrogen and oxygen atoms in total. The molecule has 0 amide bonds. The van der Waals surface area contributed by atoms with Gasteiger partial charge < -0.3 is 9.80 Å². The fourth-order valence-corrected chi connectivity index (χ4v) is 4.02. The lowest BCUT2D eigenvalue weighted by Gasteiger charge is -2.19. The summed E-state index contributed by atoms with van der Waals surface area (Å²) in [6.07, 6.45) is 0. The standard InChI is InChI=1S/C18H23N3S/c1-11-7-13(20(3)4)9-15-17(11)19-18-12(2)8-14(21(5)6)10-16(18)22-15/h7-10,22H,1-6H3. The molecule has 4 heteroatoms. The summed E-state index contributed by atoms with van der Waals surface area (Å²) in [6, 6.07) is 8.95.